The average molecular weight is 965 g/mol. The fraction of sp³-hybridized carbons (Fsp3) is 0.276. The molecule has 7 heterocycles. The lowest BCUT2D eigenvalue weighted by molar-refractivity contribution is -0.698. The van der Waals surface area contributed by atoms with Gasteiger partial charge in [-0.15, -0.1) is 11.4 Å². The summed E-state index contributed by atoms with van der Waals surface area (Å²) in [6, 6.07) is 28.5. The van der Waals surface area contributed by atoms with Crippen molar-refractivity contribution in [2.45, 2.75) is 81.1 Å². The van der Waals surface area contributed by atoms with Crippen LogP contribution in [-0.4, -0.2) is 121 Å². The Morgan fingerprint density at radius 2 is 0.944 bits per heavy atom. The van der Waals surface area contributed by atoms with E-state index in [1.807, 2.05) is 131 Å². The monoisotopic (exact) mass is 964 g/mol. The van der Waals surface area contributed by atoms with Crippen LogP contribution in [0.25, 0.3) is 22.3 Å². The molecule has 72 heavy (non-hydrogen) atoms. The van der Waals surface area contributed by atoms with Gasteiger partial charge in [-0.05, 0) is 108 Å². The Kier molecular flexibility index (Phi) is 13.6. The fourth-order valence-corrected chi connectivity index (χ4v) is 10.3. The number of nitrogens with zero attached hydrogens (tertiary/aromatic N) is 6. The first kappa shape index (κ1) is 47.4. The largest absolute Gasteiger partial charge is 0.657 e. The van der Waals surface area contributed by atoms with Crippen molar-refractivity contribution in [3.63, 3.8) is 0 Å². The Hall–Kier alpha value is -6.98. The zero-order chi connectivity index (χ0) is 49.3. The first-order valence-electron chi connectivity index (χ1n) is 24.6. The van der Waals surface area contributed by atoms with Crippen LogP contribution in [0.1, 0.15) is 53.8 Å². The molecule has 2 aliphatic carbocycles. The molecule has 2 fully saturated rings. The molecule has 6 N–H and O–H groups in total. The van der Waals surface area contributed by atoms with Gasteiger partial charge in [-0.3, -0.25) is 0 Å². The Morgan fingerprint density at radius 1 is 0.486 bits per heavy atom. The Bertz CT molecular complexity index is 3080. The number of hydrogen-bond acceptors (Lipinski definition) is 12. The number of hydrogen-bond donors (Lipinski definition) is 6. The quantitative estimate of drug-likeness (QED) is 0.109. The second-order valence-electron chi connectivity index (χ2n) is 18.8. The van der Waals surface area contributed by atoms with E-state index in [9.17, 15) is 30.6 Å². The van der Waals surface area contributed by atoms with Crippen molar-refractivity contribution in [3.05, 3.63) is 209 Å². The normalized spacial score (nSPS) is 26.9. The molecule has 8 bridgehead atoms. The summed E-state index contributed by atoms with van der Waals surface area (Å²) in [6.07, 6.45) is 18.1. The van der Waals surface area contributed by atoms with Gasteiger partial charge < -0.3 is 50.0 Å². The number of aliphatic imine (C=N–C) groups is 3. The summed E-state index contributed by atoms with van der Waals surface area (Å²) in [5, 5.41) is 61.4. The molecule has 7 aliphatic rings. The Balaban J connectivity index is 0.984. The third kappa shape index (κ3) is 9.59. The van der Waals surface area contributed by atoms with E-state index >= 15 is 0 Å². The molecule has 0 spiro atoms. The van der Waals surface area contributed by atoms with E-state index < -0.39 is 48.8 Å². The molecule has 5 aliphatic heterocycles. The lowest BCUT2D eigenvalue weighted by Crippen LogP contribution is -2.50. The van der Waals surface area contributed by atoms with E-state index in [1.54, 1.807) is 0 Å². The maximum Gasteiger partial charge on any atom is 0.171 e. The molecule has 366 valence electrons. The molecular weight excluding hydrogens is 909 g/mol. The molecule has 8 atom stereocenters. The van der Waals surface area contributed by atoms with Gasteiger partial charge in [0, 0.05) is 42.2 Å². The third-order valence-corrected chi connectivity index (χ3v) is 14.2. The molecule has 2 aromatic carbocycles. The number of aliphatic hydroxyl groups excluding tert-OH is 6. The van der Waals surface area contributed by atoms with Gasteiger partial charge in [-0.2, -0.15) is 0 Å². The summed E-state index contributed by atoms with van der Waals surface area (Å²) in [7, 11) is 0. The van der Waals surface area contributed by atoms with Crippen molar-refractivity contribution in [2.75, 3.05) is 19.8 Å². The molecule has 0 unspecified atom stereocenters. The number of aromatic nitrogens is 2. The molecule has 2 aromatic heterocycles. The van der Waals surface area contributed by atoms with Crippen molar-refractivity contribution in [3.8, 4) is 0 Å². The summed E-state index contributed by atoms with van der Waals surface area (Å²) in [6.45, 7) is 1.60. The second kappa shape index (κ2) is 20.6. The fourth-order valence-electron chi connectivity index (χ4n) is 10.3. The van der Waals surface area contributed by atoms with Gasteiger partial charge in [0.15, 0.2) is 18.9 Å². The predicted molar refractivity (Wildman–Crippen MR) is 275 cm³/mol. The van der Waals surface area contributed by atoms with Crippen molar-refractivity contribution in [1.82, 2.24) is 9.88 Å². The van der Waals surface area contributed by atoms with Crippen LogP contribution in [-0.2, 0) is 16.0 Å². The number of fused-ring (bicyclic) bond motifs is 5. The lowest BCUT2D eigenvalue weighted by atomic mass is 9.89. The van der Waals surface area contributed by atoms with Crippen LogP contribution in [0.4, 0.5) is 0 Å². The summed E-state index contributed by atoms with van der Waals surface area (Å²) in [4.78, 5) is 23.5. The van der Waals surface area contributed by atoms with Crippen LogP contribution in [0.2, 0.25) is 0 Å². The number of benzene rings is 2. The Morgan fingerprint density at radius 3 is 1.47 bits per heavy atom. The molecule has 2 saturated carbocycles. The van der Waals surface area contributed by atoms with E-state index in [1.165, 1.54) is 0 Å². The van der Waals surface area contributed by atoms with Crippen molar-refractivity contribution < 1.29 is 44.7 Å². The number of pyridine rings is 1. The van der Waals surface area contributed by atoms with E-state index in [4.69, 9.17) is 29.4 Å². The number of aliphatic hydroxyl groups is 6. The highest BCUT2D eigenvalue weighted by Crippen LogP contribution is 2.38. The van der Waals surface area contributed by atoms with Gasteiger partial charge in [-0.25, -0.2) is 19.5 Å². The summed E-state index contributed by atoms with van der Waals surface area (Å²) >= 11 is 0. The van der Waals surface area contributed by atoms with Gasteiger partial charge in [0.05, 0.1) is 65.2 Å². The summed E-state index contributed by atoms with van der Waals surface area (Å²) in [5.41, 5.74) is 13.2. The molecule has 0 saturated heterocycles. The lowest BCUT2D eigenvalue weighted by Gasteiger charge is -2.35. The van der Waals surface area contributed by atoms with Gasteiger partial charge in [0.2, 0.25) is 0 Å². The highest BCUT2D eigenvalue weighted by Gasteiger charge is 2.38. The third-order valence-electron chi connectivity index (χ3n) is 14.2. The van der Waals surface area contributed by atoms with Crippen LogP contribution in [0, 0.1) is 0 Å². The maximum absolute atomic E-state index is 10.5. The molecule has 0 radical (unpaired) electrons. The summed E-state index contributed by atoms with van der Waals surface area (Å²) < 4.78 is 14.0. The van der Waals surface area contributed by atoms with Crippen molar-refractivity contribution in [1.29, 1.82) is 0 Å². The highest BCUT2D eigenvalue weighted by molar-refractivity contribution is 6.37. The van der Waals surface area contributed by atoms with Crippen molar-refractivity contribution in [2.24, 2.45) is 15.0 Å². The average Bonchev–Trinajstić information content (AvgIpc) is 4.27. The van der Waals surface area contributed by atoms with Crippen LogP contribution in [0.5, 0.6) is 0 Å². The molecule has 14 nitrogen and oxygen atoms in total. The minimum absolute atomic E-state index is 0.303. The first-order chi connectivity index (χ1) is 35.2. The smallest absolute Gasteiger partial charge is 0.171 e. The number of allylic oxidation sites excluding steroid dienone is 12. The minimum atomic E-state index is -1.23. The Labute approximate surface area is 417 Å². The predicted octanol–water partition coefficient (Wildman–Crippen LogP) is 5.18. The zero-order valence-electron chi connectivity index (χ0n) is 39.5. The zero-order valence-corrected chi connectivity index (χ0v) is 39.5. The number of rotatable bonds is 11. The van der Waals surface area contributed by atoms with Crippen LogP contribution in [0.3, 0.4) is 0 Å². The maximum atomic E-state index is 10.5. The van der Waals surface area contributed by atoms with E-state index in [0.29, 0.717) is 52.0 Å². The van der Waals surface area contributed by atoms with Crippen LogP contribution in [0.15, 0.2) is 196 Å². The number of ether oxygens (including phenoxy) is 2. The topological polar surface area (TPSA) is 198 Å². The van der Waals surface area contributed by atoms with Gasteiger partial charge >= 0.3 is 0 Å². The molecule has 14 heteroatoms. The van der Waals surface area contributed by atoms with E-state index in [0.717, 1.165) is 90.2 Å². The van der Waals surface area contributed by atoms with E-state index in [-0.39, 0.29) is 0 Å². The van der Waals surface area contributed by atoms with E-state index in [2.05, 4.69) is 36.4 Å². The first-order valence-corrected chi connectivity index (χ1v) is 24.6. The highest BCUT2D eigenvalue weighted by atomic mass is 16.5. The van der Waals surface area contributed by atoms with Crippen molar-refractivity contribution >= 4 is 39.4 Å². The molecule has 11 rings (SSSR count). The minimum Gasteiger partial charge on any atom is -0.657 e. The van der Waals surface area contributed by atoms with Crippen LogP contribution >= 0.6 is 0 Å². The van der Waals surface area contributed by atoms with Gasteiger partial charge in [0.25, 0.3) is 0 Å². The molecular formula is C58H56N6O8. The molecule has 4 aromatic rings. The van der Waals surface area contributed by atoms with Gasteiger partial charge in [-0.1, -0.05) is 72.8 Å². The summed E-state index contributed by atoms with van der Waals surface area (Å²) in [5.74, 6) is 0. The van der Waals surface area contributed by atoms with Crippen LogP contribution < -0.4 is 9.55 Å². The van der Waals surface area contributed by atoms with Gasteiger partial charge in [0.1, 0.15) is 31.0 Å². The molecule has 0 amide bonds. The standard InChI is InChI=1S/C58H56N6O8/c65-47-19-21-49(57(69)55(47)67)71-33-31-63-27-23-37(24-28-63)53-43-15-13-41(60-43)51(35-7-3-1-4-8-35)39-11-12-40(59-39)52(36-9-5-2-6-10-36)42-14-16-44(61-42)54(46-18-17-45(53)62-46)38-25-29-64(30-26-38)32-34-72-50-22-20-48(66)56(68)58(50)70/h1-18,23-30,47-50,55-58,65-70H,19-22,31-34H2/t47-,48-,49-,50-,55+,56+,57+,58+/m0/s1. The SMILES string of the molecule is O[C@H]1[C@H](O)[C@@H](O)CC[C@@H]1OCCN1C=CC(=C2C3=NC(=C(c4ccccc4)C4=NC(=C(c5ccccc5)C5=NC(=C(c6cc[n+](CCO[C@H]7CC[C@H](O)[C@@H](O)[C@@H]7O)cc6)c6ccc2[n-]6)C=C5)C=C4)C=C3)C=C1. The second-order valence-corrected chi connectivity index (χ2v) is 18.8.